The molecule has 0 saturated carbocycles. The van der Waals surface area contributed by atoms with E-state index in [4.69, 9.17) is 4.42 Å². The van der Waals surface area contributed by atoms with Crippen molar-refractivity contribution in [2.75, 3.05) is 5.32 Å². The van der Waals surface area contributed by atoms with Crippen molar-refractivity contribution in [3.8, 4) is 0 Å². The van der Waals surface area contributed by atoms with Crippen LogP contribution >= 0.6 is 15.9 Å². The molecule has 0 saturated heterocycles. The van der Waals surface area contributed by atoms with E-state index in [1.165, 1.54) is 6.26 Å². The molecule has 76 valence electrons. The third kappa shape index (κ3) is 2.44. The van der Waals surface area contributed by atoms with Crippen LogP contribution in [0.3, 0.4) is 0 Å². The zero-order valence-electron chi connectivity index (χ0n) is 7.61. The number of furan rings is 1. The van der Waals surface area contributed by atoms with Crippen LogP contribution in [0.15, 0.2) is 45.7 Å². The smallest absolute Gasteiger partial charge is 0.291 e. The van der Waals surface area contributed by atoms with E-state index in [0.717, 1.165) is 4.60 Å². The van der Waals surface area contributed by atoms with Gasteiger partial charge in [0.1, 0.15) is 4.60 Å². The molecule has 0 aliphatic carbocycles. The van der Waals surface area contributed by atoms with Crippen molar-refractivity contribution in [2.24, 2.45) is 0 Å². The van der Waals surface area contributed by atoms with Crippen molar-refractivity contribution < 1.29 is 9.21 Å². The number of aromatic nitrogens is 1. The molecule has 1 amide bonds. The second-order valence-corrected chi connectivity index (χ2v) is 3.61. The van der Waals surface area contributed by atoms with Crippen molar-refractivity contribution in [3.05, 3.63) is 47.1 Å². The molecule has 15 heavy (non-hydrogen) atoms. The summed E-state index contributed by atoms with van der Waals surface area (Å²) in [5.41, 5.74) is 0.625. The minimum absolute atomic E-state index is 0.276. The first-order chi connectivity index (χ1) is 7.25. The van der Waals surface area contributed by atoms with Gasteiger partial charge >= 0.3 is 0 Å². The van der Waals surface area contributed by atoms with Crippen LogP contribution in [0.5, 0.6) is 0 Å². The molecular formula is C10H7BrN2O2. The maximum absolute atomic E-state index is 11.5. The molecule has 0 unspecified atom stereocenters. The Hall–Kier alpha value is -1.62. The van der Waals surface area contributed by atoms with Crippen LogP contribution in [0.2, 0.25) is 0 Å². The second kappa shape index (κ2) is 4.27. The lowest BCUT2D eigenvalue weighted by atomic mass is 10.4. The summed E-state index contributed by atoms with van der Waals surface area (Å²) in [6.45, 7) is 0. The van der Waals surface area contributed by atoms with Gasteiger partial charge in [-0.25, -0.2) is 4.98 Å². The lowest BCUT2D eigenvalue weighted by Crippen LogP contribution is -2.10. The molecular weight excluding hydrogens is 260 g/mol. The van der Waals surface area contributed by atoms with Gasteiger partial charge < -0.3 is 9.73 Å². The van der Waals surface area contributed by atoms with Gasteiger partial charge in [0.05, 0.1) is 18.1 Å². The summed E-state index contributed by atoms with van der Waals surface area (Å²) in [7, 11) is 0. The number of carbonyl (C=O) groups is 1. The van der Waals surface area contributed by atoms with Gasteiger partial charge in [-0.1, -0.05) is 0 Å². The molecule has 4 nitrogen and oxygen atoms in total. The monoisotopic (exact) mass is 266 g/mol. The zero-order valence-corrected chi connectivity index (χ0v) is 9.19. The van der Waals surface area contributed by atoms with E-state index in [1.54, 1.807) is 30.5 Å². The number of hydrogen-bond acceptors (Lipinski definition) is 3. The largest absolute Gasteiger partial charge is 0.459 e. The molecule has 0 spiro atoms. The van der Waals surface area contributed by atoms with Gasteiger partial charge in [0, 0.05) is 0 Å². The minimum Gasteiger partial charge on any atom is -0.459 e. The van der Waals surface area contributed by atoms with Crippen LogP contribution in [0.4, 0.5) is 5.69 Å². The number of carbonyl (C=O) groups excluding carboxylic acids is 1. The fourth-order valence-electron chi connectivity index (χ4n) is 1.05. The van der Waals surface area contributed by atoms with E-state index in [-0.39, 0.29) is 11.7 Å². The summed E-state index contributed by atoms with van der Waals surface area (Å²) in [6.07, 6.45) is 3.01. The van der Waals surface area contributed by atoms with Crippen LogP contribution in [0, 0.1) is 0 Å². The summed E-state index contributed by atoms with van der Waals surface area (Å²) in [5.74, 6) is -0.0120. The molecule has 0 fully saturated rings. The fourth-order valence-corrected chi connectivity index (χ4v) is 1.28. The lowest BCUT2D eigenvalue weighted by Gasteiger charge is -2.01. The van der Waals surface area contributed by atoms with Crippen molar-refractivity contribution in [1.82, 2.24) is 4.98 Å². The normalized spacial score (nSPS) is 9.93. The Morgan fingerprint density at radius 1 is 1.40 bits per heavy atom. The zero-order chi connectivity index (χ0) is 10.7. The number of hydrogen-bond donors (Lipinski definition) is 1. The number of amides is 1. The molecule has 0 aliphatic heterocycles. The van der Waals surface area contributed by atoms with Crippen LogP contribution in [0.1, 0.15) is 10.6 Å². The minimum atomic E-state index is -0.288. The predicted octanol–water partition coefficient (Wildman–Crippen LogP) is 2.69. The highest BCUT2D eigenvalue weighted by Crippen LogP contribution is 2.11. The first-order valence-electron chi connectivity index (χ1n) is 4.22. The van der Waals surface area contributed by atoms with Gasteiger partial charge in [0.2, 0.25) is 0 Å². The quantitative estimate of drug-likeness (QED) is 0.851. The van der Waals surface area contributed by atoms with Gasteiger partial charge in [-0.15, -0.1) is 0 Å². The topological polar surface area (TPSA) is 55.1 Å². The van der Waals surface area contributed by atoms with Gasteiger partial charge in [0.15, 0.2) is 5.76 Å². The SMILES string of the molecule is O=C(Nc1ccc(Br)nc1)c1ccco1. The number of halogens is 1. The fraction of sp³-hybridized carbons (Fsp3) is 0. The maximum atomic E-state index is 11.5. The Bertz CT molecular complexity index is 451. The third-order valence-electron chi connectivity index (χ3n) is 1.73. The summed E-state index contributed by atoms with van der Waals surface area (Å²) < 4.78 is 5.67. The number of rotatable bonds is 2. The highest BCUT2D eigenvalue weighted by Gasteiger charge is 2.08. The van der Waals surface area contributed by atoms with Crippen molar-refractivity contribution >= 4 is 27.5 Å². The molecule has 2 aromatic heterocycles. The average molecular weight is 267 g/mol. The Kier molecular flexibility index (Phi) is 2.82. The van der Waals surface area contributed by atoms with Crippen LogP contribution in [-0.4, -0.2) is 10.9 Å². The number of anilines is 1. The van der Waals surface area contributed by atoms with Crippen LogP contribution < -0.4 is 5.32 Å². The summed E-state index contributed by atoms with van der Waals surface area (Å²) in [5, 5.41) is 2.66. The van der Waals surface area contributed by atoms with Crippen molar-refractivity contribution in [2.45, 2.75) is 0 Å². The lowest BCUT2D eigenvalue weighted by molar-refractivity contribution is 0.0996. The first-order valence-corrected chi connectivity index (χ1v) is 5.01. The Morgan fingerprint density at radius 2 is 2.27 bits per heavy atom. The Morgan fingerprint density at radius 3 is 2.87 bits per heavy atom. The van der Waals surface area contributed by atoms with Crippen LogP contribution in [0.25, 0.3) is 0 Å². The standard InChI is InChI=1S/C10H7BrN2O2/c11-9-4-3-7(6-12-9)13-10(14)8-2-1-5-15-8/h1-6H,(H,13,14). The highest BCUT2D eigenvalue weighted by molar-refractivity contribution is 9.10. The second-order valence-electron chi connectivity index (χ2n) is 2.80. The first kappa shape index (κ1) is 9.92. The summed E-state index contributed by atoms with van der Waals surface area (Å²) in [4.78, 5) is 15.5. The third-order valence-corrected chi connectivity index (χ3v) is 2.20. The van der Waals surface area contributed by atoms with Crippen molar-refractivity contribution in [3.63, 3.8) is 0 Å². The molecule has 2 aromatic rings. The van der Waals surface area contributed by atoms with E-state index in [9.17, 15) is 4.79 Å². The maximum Gasteiger partial charge on any atom is 0.291 e. The average Bonchev–Trinajstić information content (AvgIpc) is 2.74. The molecule has 0 radical (unpaired) electrons. The molecule has 0 atom stereocenters. The van der Waals surface area contributed by atoms with E-state index >= 15 is 0 Å². The van der Waals surface area contributed by atoms with Gasteiger partial charge in [-0.2, -0.15) is 0 Å². The molecule has 2 heterocycles. The van der Waals surface area contributed by atoms with Crippen molar-refractivity contribution in [1.29, 1.82) is 0 Å². The number of nitrogens with zero attached hydrogens (tertiary/aromatic N) is 1. The van der Waals surface area contributed by atoms with E-state index < -0.39 is 0 Å². The molecule has 1 N–H and O–H groups in total. The summed E-state index contributed by atoms with van der Waals surface area (Å²) in [6, 6.07) is 6.76. The molecule has 0 aromatic carbocycles. The van der Waals surface area contributed by atoms with Crippen LogP contribution in [-0.2, 0) is 0 Å². The molecule has 0 aliphatic rings. The van der Waals surface area contributed by atoms with E-state index in [0.29, 0.717) is 5.69 Å². The molecule has 2 rings (SSSR count). The molecule has 0 bridgehead atoms. The number of pyridine rings is 1. The Labute approximate surface area is 94.4 Å². The summed E-state index contributed by atoms with van der Waals surface area (Å²) >= 11 is 3.21. The molecule has 5 heteroatoms. The van der Waals surface area contributed by atoms with Gasteiger partial charge in [0.25, 0.3) is 5.91 Å². The van der Waals surface area contributed by atoms with E-state index in [1.807, 2.05) is 0 Å². The Balaban J connectivity index is 2.09. The number of nitrogens with one attached hydrogen (secondary N) is 1. The highest BCUT2D eigenvalue weighted by atomic mass is 79.9. The van der Waals surface area contributed by atoms with Gasteiger partial charge in [-0.05, 0) is 40.2 Å². The predicted molar refractivity (Wildman–Crippen MR) is 58.6 cm³/mol. The van der Waals surface area contributed by atoms with E-state index in [2.05, 4.69) is 26.2 Å². The van der Waals surface area contributed by atoms with Gasteiger partial charge in [-0.3, -0.25) is 4.79 Å².